The van der Waals surface area contributed by atoms with Crippen LogP contribution in [0.25, 0.3) is 10.8 Å². The molecule has 2 bridgehead atoms. The van der Waals surface area contributed by atoms with E-state index in [1.807, 2.05) is 0 Å². The number of ether oxygens (including phenoxy) is 1. The molecule has 1 heterocycles. The smallest absolute Gasteiger partial charge is 0.314 e. The average molecular weight is 368 g/mol. The molecular weight excluding hydrogens is 340 g/mol. The van der Waals surface area contributed by atoms with Crippen molar-refractivity contribution in [2.24, 2.45) is 17.8 Å². The second-order valence-electron chi connectivity index (χ2n) is 8.27. The van der Waals surface area contributed by atoms with Crippen molar-refractivity contribution in [1.82, 2.24) is 0 Å². The van der Waals surface area contributed by atoms with Gasteiger partial charge in [-0.2, -0.15) is 0 Å². The first-order valence-electron chi connectivity index (χ1n) is 10.2. The van der Waals surface area contributed by atoms with Gasteiger partial charge < -0.3 is 4.74 Å². The molecule has 0 amide bonds. The predicted octanol–water partition coefficient (Wildman–Crippen LogP) is 5.34. The first-order valence-corrected chi connectivity index (χ1v) is 11.8. The summed E-state index contributed by atoms with van der Waals surface area (Å²) < 4.78 is 5.97. The van der Waals surface area contributed by atoms with Crippen LogP contribution < -0.4 is 4.74 Å². The highest BCUT2D eigenvalue weighted by Crippen LogP contribution is 2.49. The monoisotopic (exact) mass is 367 g/mol. The summed E-state index contributed by atoms with van der Waals surface area (Å²) in [6, 6.07) is 12.8. The third-order valence-electron chi connectivity index (χ3n) is 6.69. The maximum atomic E-state index is 12.8. The summed E-state index contributed by atoms with van der Waals surface area (Å²) in [4.78, 5) is 14.3. The number of hydrogen-bond acceptors (Lipinski definition) is 2. The van der Waals surface area contributed by atoms with Crippen LogP contribution in [0.5, 0.6) is 5.75 Å². The molecule has 3 fully saturated rings. The number of benzene rings is 2. The summed E-state index contributed by atoms with van der Waals surface area (Å²) in [6.07, 6.45) is 8.88. The van der Waals surface area contributed by atoms with E-state index in [-0.39, 0.29) is 11.9 Å². The van der Waals surface area contributed by atoms with E-state index >= 15 is 0 Å². The third-order valence-corrected chi connectivity index (χ3v) is 9.23. The van der Waals surface area contributed by atoms with Crippen LogP contribution in [0.1, 0.15) is 44.9 Å². The number of esters is 1. The molecule has 0 N–H and O–H groups in total. The number of fused-ring (bicyclic) bond motifs is 3. The molecule has 3 aliphatic rings. The van der Waals surface area contributed by atoms with Crippen molar-refractivity contribution in [1.29, 1.82) is 0 Å². The zero-order chi connectivity index (χ0) is 17.5. The zero-order valence-corrected chi connectivity index (χ0v) is 16.1. The molecule has 3 heteroatoms. The fourth-order valence-corrected chi connectivity index (χ4v) is 7.85. The minimum Gasteiger partial charge on any atom is -0.426 e. The molecule has 0 radical (unpaired) electrons. The minimum atomic E-state index is 0.00946. The van der Waals surface area contributed by atoms with E-state index in [9.17, 15) is 4.79 Å². The Bertz CT molecular complexity index is 824. The van der Waals surface area contributed by atoms with Crippen molar-refractivity contribution in [2.75, 3.05) is 11.5 Å². The topological polar surface area (TPSA) is 26.3 Å². The van der Waals surface area contributed by atoms with Gasteiger partial charge in [0.15, 0.2) is 4.90 Å². The van der Waals surface area contributed by atoms with Crippen LogP contribution >= 0.6 is 0 Å². The summed E-state index contributed by atoms with van der Waals surface area (Å²) >= 11 is 0. The quantitative estimate of drug-likeness (QED) is 0.416. The van der Waals surface area contributed by atoms with Crippen molar-refractivity contribution in [2.45, 2.75) is 49.8 Å². The van der Waals surface area contributed by atoms with E-state index in [2.05, 4.69) is 36.4 Å². The van der Waals surface area contributed by atoms with Crippen molar-refractivity contribution >= 4 is 27.6 Å². The van der Waals surface area contributed by atoms with Crippen molar-refractivity contribution in [3.63, 3.8) is 0 Å². The third kappa shape index (κ3) is 2.94. The normalized spacial score (nSPS) is 28.5. The number of carbonyl (C=O) groups excluding carboxylic acids is 1. The molecule has 3 atom stereocenters. The molecule has 2 saturated carbocycles. The van der Waals surface area contributed by atoms with Gasteiger partial charge in [-0.3, -0.25) is 4.79 Å². The Hall–Kier alpha value is -1.48. The Morgan fingerprint density at radius 3 is 2.46 bits per heavy atom. The SMILES string of the molecule is O=C(Oc1ccc([S+]2CCCCC2)c2ccccc12)C1CC2CCC1C2. The molecule has 1 aliphatic heterocycles. The molecule has 0 aromatic heterocycles. The standard InChI is InChI=1S/C23H27O2S/c24-23(20-15-16-8-9-17(20)14-16)25-21-10-11-22(26-12-4-1-5-13-26)19-7-3-2-6-18(19)21/h2-3,6-7,10-11,16-17,20H,1,4-5,8-9,12-15H2/q+1. The Morgan fingerprint density at radius 1 is 0.923 bits per heavy atom. The lowest BCUT2D eigenvalue weighted by Gasteiger charge is -2.20. The second kappa shape index (κ2) is 6.92. The summed E-state index contributed by atoms with van der Waals surface area (Å²) in [5.74, 6) is 4.87. The second-order valence-corrected chi connectivity index (χ2v) is 10.5. The first-order chi connectivity index (χ1) is 12.8. The highest BCUT2D eigenvalue weighted by atomic mass is 32.2. The van der Waals surface area contributed by atoms with Crippen LogP contribution in [0.3, 0.4) is 0 Å². The summed E-state index contributed by atoms with van der Waals surface area (Å²) in [5, 5.41) is 2.40. The van der Waals surface area contributed by atoms with Gasteiger partial charge in [0.05, 0.1) is 5.92 Å². The van der Waals surface area contributed by atoms with Crippen LogP contribution in [0.15, 0.2) is 41.3 Å². The van der Waals surface area contributed by atoms with E-state index in [1.54, 1.807) is 0 Å². The molecule has 2 nitrogen and oxygen atoms in total. The van der Waals surface area contributed by atoms with Crippen LogP contribution in [-0.4, -0.2) is 17.5 Å². The van der Waals surface area contributed by atoms with Gasteiger partial charge in [0.2, 0.25) is 0 Å². The van der Waals surface area contributed by atoms with Gasteiger partial charge in [0, 0.05) is 21.7 Å². The van der Waals surface area contributed by atoms with Gasteiger partial charge in [0.25, 0.3) is 0 Å². The fourth-order valence-electron chi connectivity index (χ4n) is 5.35. The maximum absolute atomic E-state index is 12.8. The number of carbonyl (C=O) groups is 1. The highest BCUT2D eigenvalue weighted by Gasteiger charge is 2.44. The molecule has 136 valence electrons. The van der Waals surface area contributed by atoms with Crippen molar-refractivity contribution in [3.05, 3.63) is 36.4 Å². The van der Waals surface area contributed by atoms with Crippen molar-refractivity contribution in [3.8, 4) is 5.75 Å². The molecule has 5 rings (SSSR count). The van der Waals surface area contributed by atoms with E-state index in [0.29, 0.717) is 16.8 Å². The first kappa shape index (κ1) is 16.7. The largest absolute Gasteiger partial charge is 0.426 e. The summed E-state index contributed by atoms with van der Waals surface area (Å²) in [5.41, 5.74) is 0. The summed E-state index contributed by atoms with van der Waals surface area (Å²) in [6.45, 7) is 0. The van der Waals surface area contributed by atoms with Crippen LogP contribution in [0.4, 0.5) is 0 Å². The Labute approximate surface area is 158 Å². The van der Waals surface area contributed by atoms with E-state index < -0.39 is 0 Å². The van der Waals surface area contributed by atoms with Crippen LogP contribution in [-0.2, 0) is 15.7 Å². The van der Waals surface area contributed by atoms with Gasteiger partial charge in [0.1, 0.15) is 17.3 Å². The van der Waals surface area contributed by atoms with Crippen LogP contribution in [0, 0.1) is 17.8 Å². The van der Waals surface area contributed by atoms with Gasteiger partial charge >= 0.3 is 5.97 Å². The molecule has 2 aromatic carbocycles. The summed E-state index contributed by atoms with van der Waals surface area (Å²) in [7, 11) is 0.353. The van der Waals surface area contributed by atoms with E-state index in [0.717, 1.165) is 23.5 Å². The van der Waals surface area contributed by atoms with Gasteiger partial charge in [-0.1, -0.05) is 24.6 Å². The highest BCUT2D eigenvalue weighted by molar-refractivity contribution is 7.97. The van der Waals surface area contributed by atoms with E-state index in [4.69, 9.17) is 4.74 Å². The number of rotatable bonds is 3. The molecule has 26 heavy (non-hydrogen) atoms. The van der Waals surface area contributed by atoms with Crippen LogP contribution in [0.2, 0.25) is 0 Å². The zero-order valence-electron chi connectivity index (χ0n) is 15.3. The molecule has 2 aromatic rings. The Balaban J connectivity index is 1.44. The Morgan fingerprint density at radius 2 is 1.73 bits per heavy atom. The molecule has 2 aliphatic carbocycles. The molecule has 3 unspecified atom stereocenters. The predicted molar refractivity (Wildman–Crippen MR) is 108 cm³/mol. The van der Waals surface area contributed by atoms with Gasteiger partial charge in [-0.05, 0) is 68.6 Å². The molecular formula is C23H27O2S+. The molecule has 0 spiro atoms. The average Bonchev–Trinajstić information content (AvgIpc) is 3.32. The lowest BCUT2D eigenvalue weighted by atomic mass is 9.89. The fraction of sp³-hybridized carbons (Fsp3) is 0.522. The molecule has 1 saturated heterocycles. The Kier molecular flexibility index (Phi) is 4.44. The van der Waals surface area contributed by atoms with Crippen molar-refractivity contribution < 1.29 is 9.53 Å². The maximum Gasteiger partial charge on any atom is 0.314 e. The van der Waals surface area contributed by atoms with E-state index in [1.165, 1.54) is 60.3 Å². The minimum absolute atomic E-state index is 0.00946. The van der Waals surface area contributed by atoms with Gasteiger partial charge in [-0.15, -0.1) is 0 Å². The lowest BCUT2D eigenvalue weighted by molar-refractivity contribution is -0.140. The van der Waals surface area contributed by atoms with Gasteiger partial charge in [-0.25, -0.2) is 0 Å². The number of hydrogen-bond donors (Lipinski definition) is 0. The lowest BCUT2D eigenvalue weighted by Crippen LogP contribution is -2.25.